The molecule has 5 rings (SSSR count). The summed E-state index contributed by atoms with van der Waals surface area (Å²) in [6, 6.07) is 12.3. The maximum Gasteiger partial charge on any atom is 0.409 e. The zero-order chi connectivity index (χ0) is 26.1. The average molecular weight is 522 g/mol. The third-order valence-corrected chi connectivity index (χ3v) is 6.26. The summed E-state index contributed by atoms with van der Waals surface area (Å²) in [5.41, 5.74) is 2.65. The molecule has 3 N–H and O–H groups in total. The number of aromatic nitrogens is 5. The normalized spacial score (nSPS) is 14.2. The second kappa shape index (κ2) is 9.74. The highest BCUT2D eigenvalue weighted by Gasteiger charge is 2.30. The summed E-state index contributed by atoms with van der Waals surface area (Å²) in [4.78, 5) is 37.7. The lowest BCUT2D eigenvalue weighted by Gasteiger charge is -2.18. The van der Waals surface area contributed by atoms with Gasteiger partial charge in [-0.25, -0.2) is 4.79 Å². The number of rotatable bonds is 6. The first-order valence-corrected chi connectivity index (χ1v) is 11.5. The molecule has 0 aliphatic carbocycles. The summed E-state index contributed by atoms with van der Waals surface area (Å²) >= 11 is 6.24. The molecular formula is C24H20ClN7O5. The first-order chi connectivity index (χ1) is 17.8. The van der Waals surface area contributed by atoms with Crippen molar-refractivity contribution in [2.75, 3.05) is 17.7 Å². The molecule has 0 fully saturated rings. The van der Waals surface area contributed by atoms with Crippen LogP contribution in [0, 0.1) is 0 Å². The van der Waals surface area contributed by atoms with Gasteiger partial charge in [0.2, 0.25) is 5.91 Å². The highest BCUT2D eigenvalue weighted by molar-refractivity contribution is 6.31. The topological polar surface area (TPSA) is 153 Å². The number of pyridine rings is 1. The number of hydrogen-bond acceptors (Lipinski definition) is 7. The quantitative estimate of drug-likeness (QED) is 0.349. The number of benzene rings is 2. The van der Waals surface area contributed by atoms with Crippen LogP contribution in [0.3, 0.4) is 0 Å². The van der Waals surface area contributed by atoms with E-state index in [-0.39, 0.29) is 16.9 Å². The molecule has 1 atom stereocenters. The summed E-state index contributed by atoms with van der Waals surface area (Å²) in [7, 11) is 1.45. The molecule has 0 saturated heterocycles. The van der Waals surface area contributed by atoms with Crippen LogP contribution in [0.2, 0.25) is 5.02 Å². The van der Waals surface area contributed by atoms with Crippen molar-refractivity contribution in [2.45, 2.75) is 18.9 Å². The van der Waals surface area contributed by atoms with E-state index >= 15 is 0 Å². The SMILES string of the molecule is COc1ccc(NC(=O)C2CCc3cc(-c4cc(Cl)ccc4-n4cnnn4)cc(=O)n32)c(NC(=O)O)c1. The number of carboxylic acid groups (broad SMARTS) is 1. The second-order valence-corrected chi connectivity index (χ2v) is 8.68. The monoisotopic (exact) mass is 521 g/mol. The molecule has 0 radical (unpaired) electrons. The lowest BCUT2D eigenvalue weighted by Crippen LogP contribution is -2.31. The number of halogens is 1. The van der Waals surface area contributed by atoms with Crippen molar-refractivity contribution in [1.82, 2.24) is 24.8 Å². The minimum absolute atomic E-state index is 0.150. The molecule has 0 bridgehead atoms. The predicted octanol–water partition coefficient (Wildman–Crippen LogP) is 3.37. The van der Waals surface area contributed by atoms with Gasteiger partial charge in [0.15, 0.2) is 0 Å². The first-order valence-electron chi connectivity index (χ1n) is 11.1. The minimum atomic E-state index is -1.29. The van der Waals surface area contributed by atoms with Crippen LogP contribution in [0.25, 0.3) is 16.8 Å². The maximum atomic E-state index is 13.2. The molecule has 37 heavy (non-hydrogen) atoms. The van der Waals surface area contributed by atoms with E-state index in [1.165, 1.54) is 40.9 Å². The molecule has 2 aromatic heterocycles. The van der Waals surface area contributed by atoms with Crippen molar-refractivity contribution in [3.63, 3.8) is 0 Å². The molecule has 0 saturated carbocycles. The van der Waals surface area contributed by atoms with E-state index in [4.69, 9.17) is 21.4 Å². The Balaban J connectivity index is 1.47. The Morgan fingerprint density at radius 1 is 1.11 bits per heavy atom. The molecule has 188 valence electrons. The van der Waals surface area contributed by atoms with Crippen LogP contribution < -0.4 is 20.9 Å². The number of hydrogen-bond donors (Lipinski definition) is 3. The Morgan fingerprint density at radius 2 is 1.95 bits per heavy atom. The van der Waals surface area contributed by atoms with Crippen LogP contribution >= 0.6 is 11.6 Å². The minimum Gasteiger partial charge on any atom is -0.497 e. The van der Waals surface area contributed by atoms with E-state index < -0.39 is 18.0 Å². The van der Waals surface area contributed by atoms with Crippen molar-refractivity contribution in [2.24, 2.45) is 0 Å². The Morgan fingerprint density at radius 3 is 2.68 bits per heavy atom. The van der Waals surface area contributed by atoms with Gasteiger partial charge in [-0.1, -0.05) is 11.6 Å². The number of fused-ring (bicyclic) bond motifs is 1. The molecule has 1 aliphatic rings. The van der Waals surface area contributed by atoms with Crippen molar-refractivity contribution in [1.29, 1.82) is 0 Å². The Bertz CT molecular complexity index is 1570. The van der Waals surface area contributed by atoms with E-state index in [1.54, 1.807) is 24.3 Å². The van der Waals surface area contributed by atoms with E-state index in [0.29, 0.717) is 46.1 Å². The van der Waals surface area contributed by atoms with Crippen molar-refractivity contribution in [3.05, 3.63) is 75.9 Å². The maximum absolute atomic E-state index is 13.2. The number of methoxy groups -OCH3 is 1. The number of nitrogens with zero attached hydrogens (tertiary/aromatic N) is 5. The van der Waals surface area contributed by atoms with Gasteiger partial charge in [0.05, 0.1) is 24.2 Å². The summed E-state index contributed by atoms with van der Waals surface area (Å²) in [6.45, 7) is 0. The fourth-order valence-electron chi connectivity index (χ4n) is 4.40. The fourth-order valence-corrected chi connectivity index (χ4v) is 4.58. The third kappa shape index (κ3) is 4.74. The van der Waals surface area contributed by atoms with Gasteiger partial charge in [0.1, 0.15) is 18.1 Å². The zero-order valence-corrected chi connectivity index (χ0v) is 20.1. The highest BCUT2D eigenvalue weighted by Crippen LogP contribution is 2.33. The van der Waals surface area contributed by atoms with Crippen LogP contribution in [0.5, 0.6) is 5.75 Å². The zero-order valence-electron chi connectivity index (χ0n) is 19.4. The second-order valence-electron chi connectivity index (χ2n) is 8.24. The summed E-state index contributed by atoms with van der Waals surface area (Å²) in [5, 5.41) is 25.9. The summed E-state index contributed by atoms with van der Waals surface area (Å²) < 4.78 is 8.06. The van der Waals surface area contributed by atoms with Crippen molar-refractivity contribution < 1.29 is 19.4 Å². The summed E-state index contributed by atoms with van der Waals surface area (Å²) in [5.74, 6) is -0.0249. The van der Waals surface area contributed by atoms with Gasteiger partial charge in [0, 0.05) is 28.4 Å². The van der Waals surface area contributed by atoms with Gasteiger partial charge >= 0.3 is 6.09 Å². The lowest BCUT2D eigenvalue weighted by atomic mass is 10.0. The molecule has 1 aliphatic heterocycles. The van der Waals surface area contributed by atoms with E-state index in [1.807, 2.05) is 6.07 Å². The van der Waals surface area contributed by atoms with Gasteiger partial charge < -0.3 is 19.7 Å². The van der Waals surface area contributed by atoms with Crippen LogP contribution in [0.4, 0.5) is 16.2 Å². The predicted molar refractivity (Wildman–Crippen MR) is 134 cm³/mol. The number of tetrazole rings is 1. The number of nitrogens with one attached hydrogen (secondary N) is 2. The van der Waals surface area contributed by atoms with Crippen LogP contribution in [-0.4, -0.2) is 49.0 Å². The molecule has 2 aromatic carbocycles. The highest BCUT2D eigenvalue weighted by atomic mass is 35.5. The number of carbonyl (C=O) groups is 2. The van der Waals surface area contributed by atoms with Gasteiger partial charge in [0.25, 0.3) is 5.56 Å². The Kier molecular flexibility index (Phi) is 6.32. The largest absolute Gasteiger partial charge is 0.497 e. The van der Waals surface area contributed by atoms with Crippen LogP contribution in [-0.2, 0) is 11.2 Å². The molecule has 2 amide bonds. The van der Waals surface area contributed by atoms with Gasteiger partial charge in [-0.05, 0) is 65.2 Å². The standard InChI is InChI=1S/C24H20ClN7O5/c1-37-16-4-5-18(19(11-16)28-24(35)36)27-23(34)21-7-3-15-8-13(9-22(33)32(15)21)17-10-14(25)2-6-20(17)31-12-26-29-30-31/h2,4-6,8-12,21,28H,3,7H2,1H3,(H,27,34)(H,35,36). The number of carbonyl (C=O) groups excluding carboxylic acids is 1. The molecule has 0 spiro atoms. The number of anilines is 2. The lowest BCUT2D eigenvalue weighted by molar-refractivity contribution is -0.119. The van der Waals surface area contributed by atoms with E-state index in [9.17, 15) is 14.4 Å². The Hall–Kier alpha value is -4.71. The molecule has 4 aromatic rings. The van der Waals surface area contributed by atoms with E-state index in [0.717, 1.165) is 0 Å². The summed E-state index contributed by atoms with van der Waals surface area (Å²) in [6.07, 6.45) is 1.04. The third-order valence-electron chi connectivity index (χ3n) is 6.03. The fraction of sp³-hybridized carbons (Fsp3) is 0.167. The average Bonchev–Trinajstić information content (AvgIpc) is 3.55. The van der Waals surface area contributed by atoms with Crippen molar-refractivity contribution >= 4 is 35.0 Å². The smallest absolute Gasteiger partial charge is 0.409 e. The van der Waals surface area contributed by atoms with E-state index in [2.05, 4.69) is 26.2 Å². The molecule has 12 nitrogen and oxygen atoms in total. The van der Waals surface area contributed by atoms with Gasteiger partial charge in [-0.2, -0.15) is 4.68 Å². The van der Waals surface area contributed by atoms with Gasteiger partial charge in [-0.15, -0.1) is 5.10 Å². The van der Waals surface area contributed by atoms with Gasteiger partial charge in [-0.3, -0.25) is 14.9 Å². The molecular weight excluding hydrogens is 502 g/mol. The molecule has 1 unspecified atom stereocenters. The van der Waals surface area contributed by atoms with Crippen molar-refractivity contribution in [3.8, 4) is 22.6 Å². The number of aryl methyl sites for hydroxylation is 1. The molecule has 13 heteroatoms. The molecule has 3 heterocycles. The Labute approximate surface area is 214 Å². The van der Waals surface area contributed by atoms with Crippen LogP contribution in [0.1, 0.15) is 18.2 Å². The number of ether oxygens (including phenoxy) is 1. The first kappa shape index (κ1) is 24.0. The van der Waals surface area contributed by atoms with Crippen LogP contribution in [0.15, 0.2) is 59.7 Å². The number of amides is 2.